The van der Waals surface area contributed by atoms with E-state index in [2.05, 4.69) is 36.2 Å². The highest BCUT2D eigenvalue weighted by Gasteiger charge is 2.44. The van der Waals surface area contributed by atoms with Gasteiger partial charge < -0.3 is 29.5 Å². The predicted octanol–water partition coefficient (Wildman–Crippen LogP) is 6.96. The minimum atomic E-state index is -0.749. The third-order valence-electron chi connectivity index (χ3n) is 10.3. The van der Waals surface area contributed by atoms with Crippen LogP contribution in [0.4, 0.5) is 4.79 Å². The highest BCUT2D eigenvalue weighted by atomic mass is 16.6. The minimum Gasteiger partial charge on any atom is -0.457 e. The van der Waals surface area contributed by atoms with E-state index in [4.69, 9.17) is 14.2 Å². The van der Waals surface area contributed by atoms with Crippen molar-refractivity contribution in [3.8, 4) is 11.5 Å². The van der Waals surface area contributed by atoms with Crippen molar-refractivity contribution in [2.24, 2.45) is 23.7 Å². The number of carbonyl (C=O) groups is 2. The van der Waals surface area contributed by atoms with Gasteiger partial charge in [0.05, 0.1) is 5.92 Å². The maximum atomic E-state index is 14.3. The van der Waals surface area contributed by atoms with Crippen molar-refractivity contribution in [1.29, 1.82) is 0 Å². The van der Waals surface area contributed by atoms with Gasteiger partial charge >= 0.3 is 6.09 Å². The Kier molecular flexibility index (Phi) is 12.3. The topological polar surface area (TPSA) is 101 Å². The summed E-state index contributed by atoms with van der Waals surface area (Å²) in [5.74, 6) is 1.84. The summed E-state index contributed by atoms with van der Waals surface area (Å²) in [6, 6.07) is 16.2. The van der Waals surface area contributed by atoms with Crippen LogP contribution in [-0.2, 0) is 19.7 Å². The molecule has 2 heterocycles. The van der Waals surface area contributed by atoms with Crippen molar-refractivity contribution >= 4 is 12.0 Å². The zero-order chi connectivity index (χ0) is 35.2. The number of nitrogens with one attached hydrogen (secondary N) is 1. The van der Waals surface area contributed by atoms with Crippen molar-refractivity contribution in [3.05, 3.63) is 59.7 Å². The van der Waals surface area contributed by atoms with E-state index in [0.29, 0.717) is 38.0 Å². The molecule has 49 heavy (non-hydrogen) atoms. The van der Waals surface area contributed by atoms with Gasteiger partial charge in [-0.15, -0.1) is 0 Å². The molecule has 2 aromatic rings. The molecule has 1 saturated heterocycles. The first-order valence-electron chi connectivity index (χ1n) is 18.4. The van der Waals surface area contributed by atoms with Gasteiger partial charge in [-0.1, -0.05) is 50.2 Å². The van der Waals surface area contributed by atoms with Crippen LogP contribution >= 0.6 is 0 Å². The third kappa shape index (κ3) is 9.56. The highest BCUT2D eigenvalue weighted by Crippen LogP contribution is 2.50. The first-order chi connectivity index (χ1) is 23.4. The van der Waals surface area contributed by atoms with Crippen LogP contribution in [0.25, 0.3) is 0 Å². The fraction of sp³-hybridized carbons (Fsp3) is 0.650. The van der Waals surface area contributed by atoms with E-state index in [9.17, 15) is 14.7 Å². The van der Waals surface area contributed by atoms with E-state index in [1.165, 1.54) is 12.8 Å². The number of likely N-dealkylation sites (tertiary alicyclic amines) is 1. The van der Waals surface area contributed by atoms with Crippen molar-refractivity contribution in [2.45, 2.75) is 96.8 Å². The van der Waals surface area contributed by atoms with Crippen molar-refractivity contribution < 1.29 is 28.9 Å². The molecule has 1 unspecified atom stereocenters. The molecule has 1 aliphatic carbocycles. The molecule has 1 saturated carbocycles. The number of piperidine rings is 1. The van der Waals surface area contributed by atoms with E-state index in [1.807, 2.05) is 57.2 Å². The van der Waals surface area contributed by atoms with E-state index in [0.717, 1.165) is 61.4 Å². The quantitative estimate of drug-likeness (QED) is 0.155. The van der Waals surface area contributed by atoms with Crippen molar-refractivity contribution in [1.82, 2.24) is 15.1 Å². The molecule has 0 radical (unpaired) electrons. The molecule has 2 aliphatic heterocycles. The molecule has 2 N–H and O–H groups in total. The van der Waals surface area contributed by atoms with Gasteiger partial charge in [0.25, 0.3) is 0 Å². The van der Waals surface area contributed by atoms with E-state index in [-0.39, 0.29) is 18.4 Å². The van der Waals surface area contributed by atoms with Crippen LogP contribution in [0.5, 0.6) is 11.5 Å². The van der Waals surface area contributed by atoms with Gasteiger partial charge in [0.1, 0.15) is 23.3 Å². The molecule has 0 aromatic heterocycles. The number of aliphatic hydroxyl groups excluding tert-OH is 1. The minimum absolute atomic E-state index is 0.112. The van der Waals surface area contributed by atoms with Gasteiger partial charge in [-0.3, -0.25) is 9.69 Å². The largest absolute Gasteiger partial charge is 0.457 e. The molecule has 5 rings (SSSR count). The summed E-state index contributed by atoms with van der Waals surface area (Å²) in [7, 11) is 1.72. The Morgan fingerprint density at radius 1 is 1.04 bits per heavy atom. The van der Waals surface area contributed by atoms with Gasteiger partial charge in [-0.25, -0.2) is 4.79 Å². The lowest BCUT2D eigenvalue weighted by Crippen LogP contribution is -2.56. The second-order valence-corrected chi connectivity index (χ2v) is 16.0. The fourth-order valence-electron chi connectivity index (χ4n) is 7.47. The maximum Gasteiger partial charge on any atom is 0.410 e. The molecule has 2 aromatic carbocycles. The van der Waals surface area contributed by atoms with Gasteiger partial charge in [-0.2, -0.15) is 0 Å². The lowest BCUT2D eigenvalue weighted by atomic mass is 9.69. The molecule has 270 valence electrons. The predicted molar refractivity (Wildman–Crippen MR) is 192 cm³/mol. The number of hydrogen-bond acceptors (Lipinski definition) is 7. The molecular weight excluding hydrogens is 618 g/mol. The Morgan fingerprint density at radius 2 is 1.69 bits per heavy atom. The average molecular weight is 678 g/mol. The van der Waals surface area contributed by atoms with Gasteiger partial charge in [0.2, 0.25) is 5.91 Å². The van der Waals surface area contributed by atoms with E-state index >= 15 is 0 Å². The summed E-state index contributed by atoms with van der Waals surface area (Å²) < 4.78 is 17.5. The summed E-state index contributed by atoms with van der Waals surface area (Å²) in [6.45, 7) is 13.2. The molecule has 0 bridgehead atoms. The maximum absolute atomic E-state index is 14.3. The summed E-state index contributed by atoms with van der Waals surface area (Å²) in [5, 5.41) is 15.2. The van der Waals surface area contributed by atoms with Crippen LogP contribution in [-0.4, -0.2) is 85.2 Å². The Morgan fingerprint density at radius 3 is 2.29 bits per heavy atom. The highest BCUT2D eigenvalue weighted by molar-refractivity contribution is 5.80. The number of methoxy groups -OCH3 is 1. The van der Waals surface area contributed by atoms with Gasteiger partial charge in [0.15, 0.2) is 0 Å². The number of para-hydroxylation sites is 2. The number of ether oxygens (including phenoxy) is 3. The molecular formula is C40H59N3O6. The number of hydrogen-bond donors (Lipinski definition) is 2. The van der Waals surface area contributed by atoms with Crippen LogP contribution in [0.15, 0.2) is 48.5 Å². The Labute approximate surface area is 293 Å². The number of carbonyl (C=O) groups excluding carboxylic acids is 2. The summed E-state index contributed by atoms with van der Waals surface area (Å²) in [4.78, 5) is 31.7. The molecule has 0 spiro atoms. The number of aliphatic hydroxyl groups is 1. The fourth-order valence-corrected chi connectivity index (χ4v) is 7.47. The smallest absolute Gasteiger partial charge is 0.410 e. The Bertz CT molecular complexity index is 1360. The molecule has 9 nitrogen and oxygen atoms in total. The lowest BCUT2D eigenvalue weighted by molar-refractivity contribution is -0.130. The SMILES string of the molecule is COCCCCC1(CNC(=O)[C@H]2C[C@@H](C(O)N(CCC(C)C)CC3CC3)CN(C(=O)OC(C)(C)C)C2)c2ccccc2Oc2ccccc21. The normalized spacial score (nSPS) is 20.7. The van der Waals surface area contributed by atoms with Crippen LogP contribution in [0.2, 0.25) is 0 Å². The molecule has 2 amide bonds. The zero-order valence-electron chi connectivity index (χ0n) is 30.6. The van der Waals surface area contributed by atoms with Crippen molar-refractivity contribution in [3.63, 3.8) is 0 Å². The lowest BCUT2D eigenvalue weighted by Gasteiger charge is -2.43. The van der Waals surface area contributed by atoms with Gasteiger partial charge in [-0.05, 0) is 89.7 Å². The third-order valence-corrected chi connectivity index (χ3v) is 10.3. The molecule has 9 heteroatoms. The standard InChI is InChI=1S/C40H59N3O6/c1-28(2)19-21-42(24-29-17-18-29)37(45)31-23-30(25-43(26-31)38(46)49-39(3,4)5)36(44)41-27-40(20-11-12-22-47-6)32-13-7-9-15-34(32)48-35-16-10-8-14-33(35)40/h7-10,13-16,28-31,37,45H,11-12,17-27H2,1-6H3,(H,41,44)/t30-,31+,37?/m0/s1. The number of fused-ring (bicyclic) bond motifs is 2. The monoisotopic (exact) mass is 677 g/mol. The van der Waals surface area contributed by atoms with Gasteiger partial charge in [0, 0.05) is 68.9 Å². The summed E-state index contributed by atoms with van der Waals surface area (Å²) in [6.07, 6.45) is 5.27. The Hall–Kier alpha value is -3.14. The Balaban J connectivity index is 1.40. The molecule has 3 atom stereocenters. The van der Waals surface area contributed by atoms with Crippen LogP contribution in [0, 0.1) is 23.7 Å². The molecule has 2 fully saturated rings. The summed E-state index contributed by atoms with van der Waals surface area (Å²) in [5.41, 5.74) is 0.930. The number of rotatable bonds is 15. The number of unbranched alkanes of at least 4 members (excludes halogenated alkanes) is 1. The number of amides is 2. The first-order valence-corrected chi connectivity index (χ1v) is 18.4. The van der Waals surface area contributed by atoms with Crippen LogP contribution < -0.4 is 10.1 Å². The first kappa shape index (κ1) is 37.1. The van der Waals surface area contributed by atoms with Crippen LogP contribution in [0.3, 0.4) is 0 Å². The van der Waals surface area contributed by atoms with E-state index < -0.39 is 29.3 Å². The van der Waals surface area contributed by atoms with Crippen LogP contribution in [0.1, 0.15) is 90.7 Å². The number of nitrogens with zero attached hydrogens (tertiary/aromatic N) is 2. The second kappa shape index (κ2) is 16.3. The number of benzene rings is 2. The zero-order valence-corrected chi connectivity index (χ0v) is 30.6. The molecule has 3 aliphatic rings. The summed E-state index contributed by atoms with van der Waals surface area (Å²) >= 11 is 0. The van der Waals surface area contributed by atoms with E-state index in [1.54, 1.807) is 12.0 Å². The van der Waals surface area contributed by atoms with Crippen molar-refractivity contribution in [2.75, 3.05) is 46.4 Å². The average Bonchev–Trinajstić information content (AvgIpc) is 3.90. The second-order valence-electron chi connectivity index (χ2n) is 16.0.